The summed E-state index contributed by atoms with van der Waals surface area (Å²) in [5.74, 6) is -1.68. The van der Waals surface area contributed by atoms with E-state index in [1.165, 1.54) is 0 Å². The quantitative estimate of drug-likeness (QED) is 0.695. The molecule has 1 unspecified atom stereocenters. The zero-order valence-corrected chi connectivity index (χ0v) is 6.26. The van der Waals surface area contributed by atoms with Crippen molar-refractivity contribution in [1.29, 1.82) is 0 Å². The van der Waals surface area contributed by atoms with Gasteiger partial charge in [0.1, 0.15) is 12.0 Å². The molecule has 0 aromatic rings. The average molecular weight is 174 g/mol. The summed E-state index contributed by atoms with van der Waals surface area (Å²) in [6.07, 6.45) is 0.225. The van der Waals surface area contributed by atoms with Crippen LogP contribution >= 0.6 is 0 Å². The molecular weight excluding hydrogens is 166 g/mol. The van der Waals surface area contributed by atoms with Crippen molar-refractivity contribution in [2.24, 2.45) is 0 Å². The van der Waals surface area contributed by atoms with Crippen LogP contribution in [0.4, 0.5) is 8.78 Å². The molecule has 0 aromatic heterocycles. The molecule has 1 N–H and O–H groups in total. The molecule has 0 spiro atoms. The van der Waals surface area contributed by atoms with E-state index in [0.29, 0.717) is 0 Å². The molecule has 12 heavy (non-hydrogen) atoms. The zero-order chi connectivity index (χ0) is 9.14. The maximum atomic E-state index is 12.6. The van der Waals surface area contributed by atoms with E-state index < -0.39 is 18.0 Å². The summed E-state index contributed by atoms with van der Waals surface area (Å²) in [5.41, 5.74) is 0.193. The summed E-state index contributed by atoms with van der Waals surface area (Å²) in [6, 6.07) is 0. The molecule has 0 bridgehead atoms. The van der Waals surface area contributed by atoms with Crippen molar-refractivity contribution in [3.05, 3.63) is 23.6 Å². The van der Waals surface area contributed by atoms with Crippen molar-refractivity contribution in [2.45, 2.75) is 19.0 Å². The van der Waals surface area contributed by atoms with Gasteiger partial charge < -0.3 is 5.11 Å². The van der Waals surface area contributed by atoms with Gasteiger partial charge in [-0.15, -0.1) is 0 Å². The summed E-state index contributed by atoms with van der Waals surface area (Å²) >= 11 is 0. The van der Waals surface area contributed by atoms with Crippen LogP contribution in [0.5, 0.6) is 0 Å². The number of allylic oxidation sites excluding steroid dienone is 3. The van der Waals surface area contributed by atoms with Gasteiger partial charge in [-0.25, -0.2) is 8.78 Å². The Balaban J connectivity index is 2.69. The Bertz CT molecular complexity index is 256. The van der Waals surface area contributed by atoms with E-state index in [9.17, 15) is 13.6 Å². The lowest BCUT2D eigenvalue weighted by molar-refractivity contribution is -0.136. The van der Waals surface area contributed by atoms with Crippen LogP contribution in [0.2, 0.25) is 0 Å². The molecule has 1 rings (SSSR count). The summed E-state index contributed by atoms with van der Waals surface area (Å²) in [6.45, 7) is 0. The Morgan fingerprint density at radius 1 is 1.75 bits per heavy atom. The monoisotopic (exact) mass is 174 g/mol. The van der Waals surface area contributed by atoms with E-state index in [2.05, 4.69) is 0 Å². The molecule has 0 saturated heterocycles. The van der Waals surface area contributed by atoms with Crippen molar-refractivity contribution < 1.29 is 18.7 Å². The number of hydrogen-bond donors (Lipinski definition) is 1. The number of aliphatic carboxylic acids is 1. The second kappa shape index (κ2) is 3.47. The van der Waals surface area contributed by atoms with Gasteiger partial charge in [0.2, 0.25) is 0 Å². The summed E-state index contributed by atoms with van der Waals surface area (Å²) in [4.78, 5) is 10.2. The molecule has 0 radical (unpaired) electrons. The van der Waals surface area contributed by atoms with Crippen LogP contribution in [0.25, 0.3) is 0 Å². The summed E-state index contributed by atoms with van der Waals surface area (Å²) in [7, 11) is 0. The maximum absolute atomic E-state index is 12.6. The lowest BCUT2D eigenvalue weighted by atomic mass is 10.0. The molecule has 0 amide bonds. The molecular formula is C8H8F2O2. The van der Waals surface area contributed by atoms with Crippen LogP contribution in [-0.2, 0) is 4.79 Å². The minimum absolute atomic E-state index is 0.193. The van der Waals surface area contributed by atoms with Crippen molar-refractivity contribution in [2.75, 3.05) is 0 Å². The van der Waals surface area contributed by atoms with Crippen LogP contribution in [-0.4, -0.2) is 17.2 Å². The summed E-state index contributed by atoms with van der Waals surface area (Å²) in [5, 5.41) is 8.32. The largest absolute Gasteiger partial charge is 0.481 e. The van der Waals surface area contributed by atoms with Gasteiger partial charge in [-0.2, -0.15) is 0 Å². The lowest BCUT2D eigenvalue weighted by Gasteiger charge is -2.09. The number of carboxylic acid groups (broad SMARTS) is 1. The first kappa shape index (κ1) is 8.90. The van der Waals surface area contributed by atoms with Crippen molar-refractivity contribution >= 4 is 5.97 Å². The molecule has 1 aliphatic rings. The number of rotatable bonds is 2. The number of carbonyl (C=O) groups is 1. The third-order valence-corrected chi connectivity index (χ3v) is 1.48. The van der Waals surface area contributed by atoms with Gasteiger partial charge in [-0.3, -0.25) is 4.79 Å². The normalized spacial score (nSPS) is 23.0. The second-order valence-electron chi connectivity index (χ2n) is 2.62. The Morgan fingerprint density at radius 2 is 2.42 bits per heavy atom. The topological polar surface area (TPSA) is 37.3 Å². The Kier molecular flexibility index (Phi) is 2.58. The van der Waals surface area contributed by atoms with Gasteiger partial charge in [0, 0.05) is 6.42 Å². The van der Waals surface area contributed by atoms with Gasteiger partial charge in [0.25, 0.3) is 0 Å². The highest BCUT2D eigenvalue weighted by molar-refractivity contribution is 5.71. The first-order valence-electron chi connectivity index (χ1n) is 3.50. The van der Waals surface area contributed by atoms with Gasteiger partial charge >= 0.3 is 5.97 Å². The Labute approximate surface area is 68.2 Å². The Hall–Kier alpha value is -1.19. The molecule has 1 aliphatic carbocycles. The van der Waals surface area contributed by atoms with E-state index in [4.69, 9.17) is 5.11 Å². The van der Waals surface area contributed by atoms with Crippen molar-refractivity contribution in [3.63, 3.8) is 0 Å². The molecule has 0 saturated carbocycles. The van der Waals surface area contributed by atoms with Crippen LogP contribution in [0.1, 0.15) is 12.8 Å². The van der Waals surface area contributed by atoms with E-state index in [1.54, 1.807) is 0 Å². The smallest absolute Gasteiger partial charge is 0.307 e. The number of halogens is 2. The van der Waals surface area contributed by atoms with Crippen LogP contribution in [0.15, 0.2) is 23.6 Å². The van der Waals surface area contributed by atoms with Gasteiger partial charge in [-0.1, -0.05) is 0 Å². The van der Waals surface area contributed by atoms with E-state index in [-0.39, 0.29) is 18.4 Å². The average Bonchev–Trinajstić information content (AvgIpc) is 1.81. The minimum Gasteiger partial charge on any atom is -0.481 e. The zero-order valence-electron chi connectivity index (χ0n) is 6.26. The van der Waals surface area contributed by atoms with E-state index in [1.807, 2.05) is 0 Å². The third kappa shape index (κ3) is 2.45. The Morgan fingerprint density at radius 3 is 2.92 bits per heavy atom. The fraction of sp³-hybridized carbons (Fsp3) is 0.375. The number of alkyl halides is 1. The third-order valence-electron chi connectivity index (χ3n) is 1.48. The molecule has 2 nitrogen and oxygen atoms in total. The SMILES string of the molecule is O=C(O)CC1=CC(F)CC(F)=C1. The maximum Gasteiger partial charge on any atom is 0.307 e. The van der Waals surface area contributed by atoms with Gasteiger partial charge in [-0.05, 0) is 17.7 Å². The second-order valence-corrected chi connectivity index (χ2v) is 2.62. The molecule has 0 fully saturated rings. The first-order chi connectivity index (χ1) is 5.58. The fourth-order valence-electron chi connectivity index (χ4n) is 1.07. The standard InChI is InChI=1S/C8H8F2O2/c9-6-1-5(3-8(11)12)2-7(10)4-6/h1-2,6H,3-4H2,(H,11,12). The molecule has 0 aromatic carbocycles. The summed E-state index contributed by atoms with van der Waals surface area (Å²) < 4.78 is 25.1. The lowest BCUT2D eigenvalue weighted by Crippen LogP contribution is -2.05. The molecule has 0 aliphatic heterocycles. The minimum atomic E-state index is -1.38. The number of carboxylic acids is 1. The molecule has 0 heterocycles. The van der Waals surface area contributed by atoms with Gasteiger partial charge in [0.05, 0.1) is 6.42 Å². The van der Waals surface area contributed by atoms with Gasteiger partial charge in [0.15, 0.2) is 0 Å². The first-order valence-corrected chi connectivity index (χ1v) is 3.50. The highest BCUT2D eigenvalue weighted by atomic mass is 19.1. The fourth-order valence-corrected chi connectivity index (χ4v) is 1.07. The predicted octanol–water partition coefficient (Wildman–Crippen LogP) is 1.98. The van der Waals surface area contributed by atoms with Crippen molar-refractivity contribution in [1.82, 2.24) is 0 Å². The number of hydrogen-bond acceptors (Lipinski definition) is 1. The highest BCUT2D eigenvalue weighted by Crippen LogP contribution is 2.22. The van der Waals surface area contributed by atoms with Crippen LogP contribution in [0, 0.1) is 0 Å². The van der Waals surface area contributed by atoms with E-state index >= 15 is 0 Å². The molecule has 66 valence electrons. The van der Waals surface area contributed by atoms with Crippen molar-refractivity contribution in [3.8, 4) is 0 Å². The van der Waals surface area contributed by atoms with E-state index in [0.717, 1.165) is 12.2 Å². The van der Waals surface area contributed by atoms with Crippen LogP contribution < -0.4 is 0 Å². The molecule has 1 atom stereocenters. The highest BCUT2D eigenvalue weighted by Gasteiger charge is 2.15. The predicted molar refractivity (Wildman–Crippen MR) is 39.0 cm³/mol. The van der Waals surface area contributed by atoms with Crippen LogP contribution in [0.3, 0.4) is 0 Å². The molecule has 4 heteroatoms.